The Morgan fingerprint density at radius 2 is 2.06 bits per heavy atom. The van der Waals surface area contributed by atoms with E-state index in [2.05, 4.69) is 48.7 Å². The smallest absolute Gasteiger partial charge is 0.132 e. The molecule has 1 aromatic heterocycles. The third-order valence-electron chi connectivity index (χ3n) is 4.76. The summed E-state index contributed by atoms with van der Waals surface area (Å²) in [5.74, 6) is 1.76. The van der Waals surface area contributed by atoms with Crippen molar-refractivity contribution < 1.29 is 0 Å². The number of pyridine rings is 1. The minimum Gasteiger partial charge on any atom is -0.353 e. The molecular formula is C15H23N3. The highest BCUT2D eigenvalue weighted by molar-refractivity contribution is 5.55. The lowest BCUT2D eigenvalue weighted by atomic mass is 9.77. The van der Waals surface area contributed by atoms with E-state index in [0.29, 0.717) is 11.5 Å². The van der Waals surface area contributed by atoms with Crippen LogP contribution in [0.15, 0.2) is 12.3 Å². The molecule has 18 heavy (non-hydrogen) atoms. The van der Waals surface area contributed by atoms with Crippen molar-refractivity contribution in [3.63, 3.8) is 0 Å². The van der Waals surface area contributed by atoms with E-state index in [1.165, 1.54) is 29.9 Å². The van der Waals surface area contributed by atoms with Crippen LogP contribution in [-0.2, 0) is 0 Å². The van der Waals surface area contributed by atoms with Crippen LogP contribution in [0.25, 0.3) is 0 Å². The molecule has 2 fully saturated rings. The van der Waals surface area contributed by atoms with Crippen LogP contribution in [-0.4, -0.2) is 42.1 Å². The Hall–Kier alpha value is -1.09. The van der Waals surface area contributed by atoms with E-state index in [1.54, 1.807) is 0 Å². The van der Waals surface area contributed by atoms with Gasteiger partial charge in [-0.05, 0) is 37.9 Å². The van der Waals surface area contributed by atoms with Gasteiger partial charge in [-0.3, -0.25) is 4.90 Å². The largest absolute Gasteiger partial charge is 0.353 e. The third kappa shape index (κ3) is 1.57. The molecule has 3 heterocycles. The first-order valence-corrected chi connectivity index (χ1v) is 6.95. The highest BCUT2D eigenvalue weighted by Gasteiger charge is 2.52. The first kappa shape index (κ1) is 12.0. The Balaban J connectivity index is 1.84. The summed E-state index contributed by atoms with van der Waals surface area (Å²) in [4.78, 5) is 9.59. The SMILES string of the molecule is Cc1ccnc(N2CC3(CCN3C)C2)c1C(C)C. The average Bonchev–Trinajstić information content (AvgIpc) is 2.25. The summed E-state index contributed by atoms with van der Waals surface area (Å²) in [7, 11) is 2.24. The molecule has 3 nitrogen and oxygen atoms in total. The van der Waals surface area contributed by atoms with Gasteiger partial charge in [-0.25, -0.2) is 4.98 Å². The molecule has 3 heteroatoms. The predicted octanol–water partition coefficient (Wildman–Crippen LogP) is 2.41. The Kier molecular flexibility index (Phi) is 2.63. The van der Waals surface area contributed by atoms with Crippen LogP contribution in [0.4, 0.5) is 5.82 Å². The lowest BCUT2D eigenvalue weighted by molar-refractivity contribution is -0.0132. The molecule has 2 aliphatic heterocycles. The highest BCUT2D eigenvalue weighted by atomic mass is 15.4. The zero-order valence-electron chi connectivity index (χ0n) is 11.9. The van der Waals surface area contributed by atoms with Crippen molar-refractivity contribution in [3.8, 4) is 0 Å². The van der Waals surface area contributed by atoms with Crippen LogP contribution in [0.2, 0.25) is 0 Å². The van der Waals surface area contributed by atoms with Crippen LogP contribution in [0.1, 0.15) is 37.3 Å². The van der Waals surface area contributed by atoms with Gasteiger partial charge in [-0.2, -0.15) is 0 Å². The van der Waals surface area contributed by atoms with Crippen LogP contribution in [0, 0.1) is 6.92 Å². The van der Waals surface area contributed by atoms with Gasteiger partial charge in [0.15, 0.2) is 0 Å². The van der Waals surface area contributed by atoms with Gasteiger partial charge >= 0.3 is 0 Å². The first-order valence-electron chi connectivity index (χ1n) is 6.95. The van der Waals surface area contributed by atoms with E-state index >= 15 is 0 Å². The van der Waals surface area contributed by atoms with Gasteiger partial charge in [-0.1, -0.05) is 13.8 Å². The second-order valence-corrected chi connectivity index (χ2v) is 6.27. The second kappa shape index (κ2) is 3.95. The van der Waals surface area contributed by atoms with E-state index in [4.69, 9.17) is 0 Å². The molecule has 0 bridgehead atoms. The zero-order chi connectivity index (χ0) is 12.9. The van der Waals surface area contributed by atoms with Gasteiger partial charge in [0.05, 0.1) is 5.54 Å². The van der Waals surface area contributed by atoms with Gasteiger partial charge in [0.25, 0.3) is 0 Å². The van der Waals surface area contributed by atoms with Crippen molar-refractivity contribution in [1.82, 2.24) is 9.88 Å². The maximum Gasteiger partial charge on any atom is 0.132 e. The topological polar surface area (TPSA) is 19.4 Å². The molecule has 98 valence electrons. The highest BCUT2D eigenvalue weighted by Crippen LogP contribution is 2.41. The number of aryl methyl sites for hydroxylation is 1. The number of anilines is 1. The van der Waals surface area contributed by atoms with Crippen molar-refractivity contribution in [1.29, 1.82) is 0 Å². The lowest BCUT2D eigenvalue weighted by Crippen LogP contribution is -2.76. The number of rotatable bonds is 2. The molecule has 0 radical (unpaired) electrons. The molecule has 1 spiro atoms. The third-order valence-corrected chi connectivity index (χ3v) is 4.76. The Morgan fingerprint density at radius 1 is 1.33 bits per heavy atom. The summed E-state index contributed by atoms with van der Waals surface area (Å²) in [6.07, 6.45) is 3.30. The maximum absolute atomic E-state index is 4.64. The number of hydrogen-bond donors (Lipinski definition) is 0. The average molecular weight is 245 g/mol. The number of hydrogen-bond acceptors (Lipinski definition) is 3. The minimum absolute atomic E-state index is 0.472. The summed E-state index contributed by atoms with van der Waals surface area (Å²) in [6, 6.07) is 2.13. The summed E-state index contributed by atoms with van der Waals surface area (Å²) in [5.41, 5.74) is 3.27. The molecule has 1 aromatic rings. The van der Waals surface area contributed by atoms with Gasteiger partial charge in [0.2, 0.25) is 0 Å². The van der Waals surface area contributed by atoms with Crippen LogP contribution >= 0.6 is 0 Å². The van der Waals surface area contributed by atoms with E-state index in [0.717, 1.165) is 13.1 Å². The van der Waals surface area contributed by atoms with Crippen molar-refractivity contribution in [2.45, 2.75) is 38.6 Å². The monoisotopic (exact) mass is 245 g/mol. The molecule has 3 rings (SSSR count). The van der Waals surface area contributed by atoms with E-state index in [1.807, 2.05) is 6.20 Å². The number of nitrogens with zero attached hydrogens (tertiary/aromatic N) is 3. The van der Waals surface area contributed by atoms with Gasteiger partial charge in [-0.15, -0.1) is 0 Å². The van der Waals surface area contributed by atoms with Crippen LogP contribution in [0.5, 0.6) is 0 Å². The fraction of sp³-hybridized carbons (Fsp3) is 0.667. The Morgan fingerprint density at radius 3 is 2.56 bits per heavy atom. The molecule has 0 unspecified atom stereocenters. The van der Waals surface area contributed by atoms with E-state index in [9.17, 15) is 0 Å². The summed E-state index contributed by atoms with van der Waals surface area (Å²) < 4.78 is 0. The maximum atomic E-state index is 4.64. The molecule has 0 aromatic carbocycles. The normalized spacial score (nSPS) is 22.2. The Labute approximate surface area is 110 Å². The fourth-order valence-corrected chi connectivity index (χ4v) is 3.39. The molecule has 0 amide bonds. The second-order valence-electron chi connectivity index (χ2n) is 6.27. The lowest BCUT2D eigenvalue weighted by Gasteiger charge is -2.62. The molecule has 0 N–H and O–H groups in total. The van der Waals surface area contributed by atoms with Gasteiger partial charge < -0.3 is 4.90 Å². The molecular weight excluding hydrogens is 222 g/mol. The minimum atomic E-state index is 0.472. The van der Waals surface area contributed by atoms with E-state index in [-0.39, 0.29) is 0 Å². The molecule has 0 saturated carbocycles. The number of likely N-dealkylation sites (N-methyl/N-ethyl adjacent to an activating group) is 1. The van der Waals surface area contributed by atoms with E-state index < -0.39 is 0 Å². The molecule has 0 atom stereocenters. The van der Waals surface area contributed by atoms with Crippen molar-refractivity contribution in [2.75, 3.05) is 31.6 Å². The van der Waals surface area contributed by atoms with Crippen molar-refractivity contribution in [2.24, 2.45) is 0 Å². The summed E-state index contributed by atoms with van der Waals surface area (Å²) >= 11 is 0. The number of aromatic nitrogens is 1. The standard InChI is InChI=1S/C15H23N3/c1-11(2)13-12(3)5-7-16-14(13)18-9-15(10-18)6-8-17(15)4/h5,7,11H,6,8-10H2,1-4H3. The van der Waals surface area contributed by atoms with Crippen LogP contribution in [0.3, 0.4) is 0 Å². The van der Waals surface area contributed by atoms with Crippen LogP contribution < -0.4 is 4.90 Å². The molecule has 0 aliphatic carbocycles. The quantitative estimate of drug-likeness (QED) is 0.797. The molecule has 2 aliphatic rings. The Bertz CT molecular complexity index is 461. The van der Waals surface area contributed by atoms with Gasteiger partial charge in [0, 0.05) is 31.4 Å². The molecule has 2 saturated heterocycles. The van der Waals surface area contributed by atoms with Gasteiger partial charge in [0.1, 0.15) is 5.82 Å². The summed E-state index contributed by atoms with van der Waals surface area (Å²) in [6.45, 7) is 10.3. The predicted molar refractivity (Wildman–Crippen MR) is 75.3 cm³/mol. The summed E-state index contributed by atoms with van der Waals surface area (Å²) in [5, 5.41) is 0. The van der Waals surface area contributed by atoms with Crippen molar-refractivity contribution >= 4 is 5.82 Å². The first-order chi connectivity index (χ1) is 8.53. The fourth-order valence-electron chi connectivity index (χ4n) is 3.39. The zero-order valence-corrected chi connectivity index (χ0v) is 11.9. The number of likely N-dealkylation sites (tertiary alicyclic amines) is 1. The van der Waals surface area contributed by atoms with Crippen molar-refractivity contribution in [3.05, 3.63) is 23.4 Å².